The van der Waals surface area contributed by atoms with E-state index in [9.17, 15) is 4.79 Å². The molecule has 0 radical (unpaired) electrons. The Balaban J connectivity index is 1.46. The lowest BCUT2D eigenvalue weighted by Crippen LogP contribution is -2.38. The molecule has 2 aliphatic rings. The smallest absolute Gasteiger partial charge is 0.414 e. The zero-order chi connectivity index (χ0) is 19.5. The summed E-state index contributed by atoms with van der Waals surface area (Å²) in [5.74, 6) is 6.70. The van der Waals surface area contributed by atoms with Crippen LogP contribution in [0.1, 0.15) is 16.7 Å². The first kappa shape index (κ1) is 19.1. The van der Waals surface area contributed by atoms with Crippen molar-refractivity contribution in [2.75, 3.05) is 37.7 Å². The molecule has 0 atom stereocenters. The van der Waals surface area contributed by atoms with Gasteiger partial charge in [-0.25, -0.2) is 9.80 Å². The molecule has 0 bridgehead atoms. The molecular weight excluding hydrogens is 378 g/mol. The maximum atomic E-state index is 12.7. The second-order valence-corrected chi connectivity index (χ2v) is 7.49. The molecule has 2 aromatic rings. The van der Waals surface area contributed by atoms with Crippen LogP contribution in [0, 0.1) is 0 Å². The first-order valence-electron chi connectivity index (χ1n) is 9.58. The van der Waals surface area contributed by atoms with Gasteiger partial charge in [-0.3, -0.25) is 10.7 Å². The number of anilines is 1. The van der Waals surface area contributed by atoms with Crippen LogP contribution in [-0.2, 0) is 24.0 Å². The monoisotopic (exact) mass is 401 g/mol. The third kappa shape index (κ3) is 4.09. The van der Waals surface area contributed by atoms with Crippen molar-refractivity contribution in [2.24, 2.45) is 5.84 Å². The first-order valence-corrected chi connectivity index (χ1v) is 9.95. The molecule has 0 saturated carbocycles. The van der Waals surface area contributed by atoms with E-state index in [1.807, 2.05) is 35.3 Å². The normalized spacial score (nSPS) is 16.6. The van der Waals surface area contributed by atoms with E-state index in [1.165, 1.54) is 11.1 Å². The Bertz CT molecular complexity index is 874. The van der Waals surface area contributed by atoms with Gasteiger partial charge in [-0.1, -0.05) is 29.8 Å². The fraction of sp³-hybridized carbons (Fsp3) is 0.381. The van der Waals surface area contributed by atoms with Gasteiger partial charge in [0.25, 0.3) is 0 Å². The van der Waals surface area contributed by atoms with Crippen LogP contribution in [-0.4, -0.2) is 44.0 Å². The lowest BCUT2D eigenvalue weighted by atomic mass is 10.0. The fourth-order valence-corrected chi connectivity index (χ4v) is 3.90. The SMILES string of the molecule is NN1CCc2cc3c(cc2CC1)N(C(=O)OCCc1ccccc1Cl)CCO3. The van der Waals surface area contributed by atoms with Gasteiger partial charge in [0.05, 0.1) is 18.8 Å². The van der Waals surface area contributed by atoms with Crippen LogP contribution < -0.4 is 15.5 Å². The summed E-state index contributed by atoms with van der Waals surface area (Å²) >= 11 is 6.17. The molecule has 7 heteroatoms. The molecule has 0 aromatic heterocycles. The first-order chi connectivity index (χ1) is 13.6. The van der Waals surface area contributed by atoms with E-state index in [1.54, 1.807) is 4.90 Å². The molecule has 0 unspecified atom stereocenters. The molecule has 0 saturated heterocycles. The van der Waals surface area contributed by atoms with Crippen molar-refractivity contribution >= 4 is 23.4 Å². The van der Waals surface area contributed by atoms with Crippen molar-refractivity contribution in [2.45, 2.75) is 19.3 Å². The van der Waals surface area contributed by atoms with E-state index in [0.29, 0.717) is 24.6 Å². The third-order valence-corrected chi connectivity index (χ3v) is 5.63. The number of hydrazine groups is 1. The molecule has 4 rings (SSSR count). The van der Waals surface area contributed by atoms with Crippen LogP contribution in [0.4, 0.5) is 10.5 Å². The van der Waals surface area contributed by atoms with Gasteiger partial charge >= 0.3 is 6.09 Å². The van der Waals surface area contributed by atoms with Crippen LogP contribution >= 0.6 is 11.6 Å². The van der Waals surface area contributed by atoms with Crippen LogP contribution in [0.5, 0.6) is 5.75 Å². The summed E-state index contributed by atoms with van der Waals surface area (Å²) in [4.78, 5) is 14.4. The zero-order valence-corrected chi connectivity index (χ0v) is 16.5. The molecule has 6 nitrogen and oxygen atoms in total. The van der Waals surface area contributed by atoms with Gasteiger partial charge < -0.3 is 9.47 Å². The summed E-state index contributed by atoms with van der Waals surface area (Å²) in [7, 11) is 0. The predicted octanol–water partition coefficient (Wildman–Crippen LogP) is 3.19. The van der Waals surface area contributed by atoms with Crippen LogP contribution in [0.2, 0.25) is 5.02 Å². The van der Waals surface area contributed by atoms with E-state index in [0.717, 1.165) is 42.9 Å². The van der Waals surface area contributed by atoms with Gasteiger partial charge in [0.2, 0.25) is 0 Å². The maximum Gasteiger partial charge on any atom is 0.414 e. The fourth-order valence-electron chi connectivity index (χ4n) is 3.67. The number of benzene rings is 2. The molecule has 2 aromatic carbocycles. The summed E-state index contributed by atoms with van der Waals surface area (Å²) in [6, 6.07) is 11.7. The highest BCUT2D eigenvalue weighted by Crippen LogP contribution is 2.36. The van der Waals surface area contributed by atoms with Crippen molar-refractivity contribution in [3.63, 3.8) is 0 Å². The van der Waals surface area contributed by atoms with Gasteiger partial charge in [-0.15, -0.1) is 0 Å². The topological polar surface area (TPSA) is 68.0 Å². The highest BCUT2D eigenvalue weighted by Gasteiger charge is 2.27. The summed E-state index contributed by atoms with van der Waals surface area (Å²) < 4.78 is 11.3. The van der Waals surface area contributed by atoms with Crippen molar-refractivity contribution in [1.82, 2.24) is 5.01 Å². The predicted molar refractivity (Wildman–Crippen MR) is 109 cm³/mol. The van der Waals surface area contributed by atoms with E-state index in [2.05, 4.69) is 6.07 Å². The Hall–Kier alpha value is -2.28. The van der Waals surface area contributed by atoms with Gasteiger partial charge in [-0.05, 0) is 47.7 Å². The lowest BCUT2D eigenvalue weighted by Gasteiger charge is -2.30. The molecule has 0 aliphatic carbocycles. The number of nitrogens with two attached hydrogens (primary N) is 1. The number of carbonyl (C=O) groups excluding carboxylic acids is 1. The number of carbonyl (C=O) groups is 1. The zero-order valence-electron chi connectivity index (χ0n) is 15.7. The quantitative estimate of drug-likeness (QED) is 0.800. The Labute approximate surface area is 169 Å². The maximum absolute atomic E-state index is 12.7. The number of ether oxygens (including phenoxy) is 2. The minimum atomic E-state index is -0.356. The van der Waals surface area contributed by atoms with E-state index < -0.39 is 0 Å². The highest BCUT2D eigenvalue weighted by molar-refractivity contribution is 6.31. The third-order valence-electron chi connectivity index (χ3n) is 5.26. The molecule has 0 spiro atoms. The molecule has 2 aliphatic heterocycles. The van der Waals surface area contributed by atoms with Crippen molar-refractivity contribution in [1.29, 1.82) is 0 Å². The number of hydrogen-bond acceptors (Lipinski definition) is 5. The van der Waals surface area contributed by atoms with Crippen molar-refractivity contribution in [3.05, 3.63) is 58.1 Å². The number of fused-ring (bicyclic) bond motifs is 2. The van der Waals surface area contributed by atoms with Crippen molar-refractivity contribution < 1.29 is 14.3 Å². The minimum absolute atomic E-state index is 0.280. The van der Waals surface area contributed by atoms with E-state index >= 15 is 0 Å². The molecular formula is C21H24ClN3O3. The van der Waals surface area contributed by atoms with Gasteiger partial charge in [0, 0.05) is 24.5 Å². The molecule has 28 heavy (non-hydrogen) atoms. The summed E-state index contributed by atoms with van der Waals surface area (Å²) in [6.07, 6.45) is 1.96. The minimum Gasteiger partial charge on any atom is -0.490 e. The Morgan fingerprint density at radius 3 is 2.68 bits per heavy atom. The van der Waals surface area contributed by atoms with Crippen LogP contribution in [0.15, 0.2) is 36.4 Å². The number of nitrogens with zero attached hydrogens (tertiary/aromatic N) is 2. The molecule has 2 N–H and O–H groups in total. The largest absolute Gasteiger partial charge is 0.490 e. The number of rotatable bonds is 3. The van der Waals surface area contributed by atoms with Crippen LogP contribution in [0.25, 0.3) is 0 Å². The molecule has 1 amide bonds. The molecule has 148 valence electrons. The van der Waals surface area contributed by atoms with E-state index in [4.69, 9.17) is 26.9 Å². The Morgan fingerprint density at radius 2 is 1.89 bits per heavy atom. The Kier molecular flexibility index (Phi) is 5.71. The number of hydrogen-bond donors (Lipinski definition) is 1. The van der Waals surface area contributed by atoms with Gasteiger partial charge in [0.1, 0.15) is 12.4 Å². The number of halogens is 1. The Morgan fingerprint density at radius 1 is 1.14 bits per heavy atom. The number of amides is 1. The standard InChI is InChI=1S/C21H24ClN3O3/c22-18-4-2-1-3-15(18)7-11-28-21(26)25-10-12-27-20-14-17-6-9-24(23)8-5-16(17)13-19(20)25/h1-4,13-14H,5-12,23H2. The highest BCUT2D eigenvalue weighted by atomic mass is 35.5. The summed E-state index contributed by atoms with van der Waals surface area (Å²) in [6.45, 7) is 2.82. The van der Waals surface area contributed by atoms with Gasteiger partial charge in [0.15, 0.2) is 0 Å². The molecule has 0 fully saturated rings. The average molecular weight is 402 g/mol. The van der Waals surface area contributed by atoms with Crippen molar-refractivity contribution in [3.8, 4) is 5.75 Å². The molecule has 2 heterocycles. The second kappa shape index (κ2) is 8.39. The van der Waals surface area contributed by atoms with E-state index in [-0.39, 0.29) is 12.7 Å². The summed E-state index contributed by atoms with van der Waals surface area (Å²) in [5, 5.41) is 2.52. The van der Waals surface area contributed by atoms with Crippen LogP contribution in [0.3, 0.4) is 0 Å². The average Bonchev–Trinajstić information content (AvgIpc) is 2.88. The lowest BCUT2D eigenvalue weighted by molar-refractivity contribution is 0.151. The second-order valence-electron chi connectivity index (χ2n) is 7.08. The summed E-state index contributed by atoms with van der Waals surface area (Å²) in [5.41, 5.74) is 4.20. The van der Waals surface area contributed by atoms with Gasteiger partial charge in [-0.2, -0.15) is 0 Å².